The summed E-state index contributed by atoms with van der Waals surface area (Å²) >= 11 is 3.61. The highest BCUT2D eigenvalue weighted by atomic mass is 79.9. The number of anilines is 2. The van der Waals surface area contributed by atoms with Crippen molar-refractivity contribution in [1.29, 1.82) is 0 Å². The average Bonchev–Trinajstić information content (AvgIpc) is 3.23. The van der Waals surface area contributed by atoms with Gasteiger partial charge in [-0.15, -0.1) is 0 Å². The molecule has 20 heavy (non-hydrogen) atoms. The van der Waals surface area contributed by atoms with Crippen LogP contribution < -0.4 is 10.2 Å². The van der Waals surface area contributed by atoms with E-state index in [0.717, 1.165) is 41.7 Å². The first-order valence-electron chi connectivity index (χ1n) is 7.64. The normalized spacial score (nSPS) is 14.7. The maximum Gasteiger partial charge on any atom is 0.224 e. The minimum atomic E-state index is 0.666. The van der Waals surface area contributed by atoms with Crippen LogP contribution in [0.5, 0.6) is 0 Å². The second-order valence-electron chi connectivity index (χ2n) is 5.90. The Morgan fingerprint density at radius 3 is 2.80 bits per heavy atom. The van der Waals surface area contributed by atoms with Crippen molar-refractivity contribution in [2.45, 2.75) is 52.5 Å². The zero-order valence-corrected chi connectivity index (χ0v) is 14.3. The van der Waals surface area contributed by atoms with Gasteiger partial charge in [-0.1, -0.05) is 20.8 Å². The van der Waals surface area contributed by atoms with Gasteiger partial charge in [-0.2, -0.15) is 4.98 Å². The number of hydrogen-bond acceptors (Lipinski definition) is 4. The lowest BCUT2D eigenvalue weighted by atomic mass is 10.1. The highest BCUT2D eigenvalue weighted by Crippen LogP contribution is 2.35. The van der Waals surface area contributed by atoms with E-state index in [1.807, 2.05) is 6.20 Å². The zero-order chi connectivity index (χ0) is 14.5. The minimum absolute atomic E-state index is 0.666. The molecule has 1 heterocycles. The molecule has 5 heteroatoms. The molecule has 1 aliphatic carbocycles. The lowest BCUT2D eigenvalue weighted by molar-refractivity contribution is 0.568. The molecule has 0 aliphatic heterocycles. The summed E-state index contributed by atoms with van der Waals surface area (Å²) in [6.07, 6.45) is 6.71. The second-order valence-corrected chi connectivity index (χ2v) is 6.75. The average molecular weight is 341 g/mol. The smallest absolute Gasteiger partial charge is 0.224 e. The Kier molecular flexibility index (Phi) is 5.64. The van der Waals surface area contributed by atoms with Crippen molar-refractivity contribution < 1.29 is 0 Å². The first kappa shape index (κ1) is 15.5. The molecule has 0 aromatic carbocycles. The molecule has 0 saturated heterocycles. The summed E-state index contributed by atoms with van der Waals surface area (Å²) in [6.45, 7) is 8.68. The third-order valence-corrected chi connectivity index (χ3v) is 4.03. The Hall–Kier alpha value is -0.840. The van der Waals surface area contributed by atoms with E-state index in [9.17, 15) is 0 Å². The number of hydrogen-bond donors (Lipinski definition) is 1. The van der Waals surface area contributed by atoms with E-state index in [-0.39, 0.29) is 0 Å². The number of aromatic nitrogens is 2. The van der Waals surface area contributed by atoms with Crippen LogP contribution in [0.3, 0.4) is 0 Å². The number of nitrogens with zero attached hydrogens (tertiary/aromatic N) is 3. The second kappa shape index (κ2) is 7.25. The standard InChI is InChI=1S/C15H25BrN4/c1-4-8-17-15-18-10-13(16)14(19-15)20(12-5-6-12)9-7-11(2)3/h10-12H,4-9H2,1-3H3,(H,17,18,19). The molecule has 112 valence electrons. The van der Waals surface area contributed by atoms with Gasteiger partial charge < -0.3 is 10.2 Å². The van der Waals surface area contributed by atoms with Gasteiger partial charge in [-0.05, 0) is 47.5 Å². The third-order valence-electron chi connectivity index (χ3n) is 3.47. The fourth-order valence-corrected chi connectivity index (χ4v) is 2.55. The topological polar surface area (TPSA) is 41.1 Å². The molecule has 0 bridgehead atoms. The highest BCUT2D eigenvalue weighted by molar-refractivity contribution is 9.10. The highest BCUT2D eigenvalue weighted by Gasteiger charge is 2.31. The van der Waals surface area contributed by atoms with E-state index in [0.29, 0.717) is 6.04 Å². The van der Waals surface area contributed by atoms with E-state index < -0.39 is 0 Å². The minimum Gasteiger partial charge on any atom is -0.354 e. The van der Waals surface area contributed by atoms with Gasteiger partial charge in [-0.25, -0.2) is 4.98 Å². The zero-order valence-electron chi connectivity index (χ0n) is 12.7. The number of rotatable bonds is 8. The quantitative estimate of drug-likeness (QED) is 0.774. The molecule has 0 atom stereocenters. The summed E-state index contributed by atoms with van der Waals surface area (Å²) < 4.78 is 0.996. The Labute approximate surface area is 130 Å². The molecule has 0 amide bonds. The summed E-state index contributed by atoms with van der Waals surface area (Å²) in [5, 5.41) is 3.27. The molecule has 1 N–H and O–H groups in total. The van der Waals surface area contributed by atoms with Crippen LogP contribution in [0.25, 0.3) is 0 Å². The third kappa shape index (κ3) is 4.33. The van der Waals surface area contributed by atoms with Crippen molar-refractivity contribution in [1.82, 2.24) is 9.97 Å². The molecular weight excluding hydrogens is 316 g/mol. The van der Waals surface area contributed by atoms with Crippen LogP contribution in [0, 0.1) is 5.92 Å². The molecule has 0 spiro atoms. The Bertz CT molecular complexity index is 432. The fourth-order valence-electron chi connectivity index (χ4n) is 2.13. The van der Waals surface area contributed by atoms with E-state index >= 15 is 0 Å². The predicted octanol–water partition coefficient (Wildman–Crippen LogP) is 4.08. The Morgan fingerprint density at radius 1 is 1.45 bits per heavy atom. The Morgan fingerprint density at radius 2 is 2.20 bits per heavy atom. The van der Waals surface area contributed by atoms with E-state index in [2.05, 4.69) is 51.9 Å². The van der Waals surface area contributed by atoms with Crippen LogP contribution in [0.1, 0.15) is 46.5 Å². The van der Waals surface area contributed by atoms with Crippen LogP contribution >= 0.6 is 15.9 Å². The molecule has 1 aromatic rings. The Balaban J connectivity index is 2.13. The molecule has 1 aromatic heterocycles. The van der Waals surface area contributed by atoms with Crippen LogP contribution in [0.2, 0.25) is 0 Å². The summed E-state index contributed by atoms with van der Waals surface area (Å²) in [6, 6.07) is 0.666. The van der Waals surface area contributed by atoms with Gasteiger partial charge in [0.25, 0.3) is 0 Å². The lowest BCUT2D eigenvalue weighted by Gasteiger charge is -2.25. The molecule has 2 rings (SSSR count). The van der Waals surface area contributed by atoms with Crippen LogP contribution in [0.15, 0.2) is 10.7 Å². The maximum atomic E-state index is 4.71. The molecule has 1 aliphatic rings. The first-order chi connectivity index (χ1) is 9.61. The summed E-state index contributed by atoms with van der Waals surface area (Å²) in [5.41, 5.74) is 0. The maximum absolute atomic E-state index is 4.71. The largest absolute Gasteiger partial charge is 0.354 e. The van der Waals surface area contributed by atoms with Crippen molar-refractivity contribution in [3.63, 3.8) is 0 Å². The van der Waals surface area contributed by atoms with Crippen molar-refractivity contribution in [2.75, 3.05) is 23.3 Å². The van der Waals surface area contributed by atoms with Gasteiger partial charge in [0.15, 0.2) is 0 Å². The number of halogens is 1. The first-order valence-corrected chi connectivity index (χ1v) is 8.44. The number of nitrogens with one attached hydrogen (secondary N) is 1. The lowest BCUT2D eigenvalue weighted by Crippen LogP contribution is -2.29. The van der Waals surface area contributed by atoms with Gasteiger partial charge in [0.2, 0.25) is 5.95 Å². The summed E-state index contributed by atoms with van der Waals surface area (Å²) in [4.78, 5) is 11.5. The molecule has 0 radical (unpaired) electrons. The van der Waals surface area contributed by atoms with Gasteiger partial charge in [-0.3, -0.25) is 0 Å². The van der Waals surface area contributed by atoms with Gasteiger partial charge >= 0.3 is 0 Å². The fraction of sp³-hybridized carbons (Fsp3) is 0.733. The molecule has 0 unspecified atom stereocenters. The summed E-state index contributed by atoms with van der Waals surface area (Å²) in [5.74, 6) is 2.50. The van der Waals surface area contributed by atoms with Gasteiger partial charge in [0.1, 0.15) is 5.82 Å². The van der Waals surface area contributed by atoms with Crippen molar-refractivity contribution in [3.05, 3.63) is 10.7 Å². The molecule has 1 fully saturated rings. The van der Waals surface area contributed by atoms with E-state index in [1.165, 1.54) is 19.3 Å². The van der Waals surface area contributed by atoms with Crippen LogP contribution in [-0.2, 0) is 0 Å². The van der Waals surface area contributed by atoms with Crippen molar-refractivity contribution in [3.8, 4) is 0 Å². The predicted molar refractivity (Wildman–Crippen MR) is 88.3 cm³/mol. The molecule has 1 saturated carbocycles. The van der Waals surface area contributed by atoms with Crippen molar-refractivity contribution in [2.24, 2.45) is 5.92 Å². The van der Waals surface area contributed by atoms with Crippen molar-refractivity contribution >= 4 is 27.7 Å². The molecule has 4 nitrogen and oxygen atoms in total. The van der Waals surface area contributed by atoms with Crippen LogP contribution in [-0.4, -0.2) is 29.1 Å². The van der Waals surface area contributed by atoms with Gasteiger partial charge in [0, 0.05) is 25.3 Å². The van der Waals surface area contributed by atoms with E-state index in [4.69, 9.17) is 4.98 Å². The SMILES string of the molecule is CCCNc1ncc(Br)c(N(CCC(C)C)C2CC2)n1. The van der Waals surface area contributed by atoms with Gasteiger partial charge in [0.05, 0.1) is 4.47 Å². The van der Waals surface area contributed by atoms with Crippen LogP contribution in [0.4, 0.5) is 11.8 Å². The summed E-state index contributed by atoms with van der Waals surface area (Å²) in [7, 11) is 0. The monoisotopic (exact) mass is 340 g/mol. The molecular formula is C15H25BrN4. The van der Waals surface area contributed by atoms with E-state index in [1.54, 1.807) is 0 Å².